The lowest BCUT2D eigenvalue weighted by molar-refractivity contribution is -0.153. The first-order chi connectivity index (χ1) is 8.02. The van der Waals surface area contributed by atoms with Crippen LogP contribution in [-0.4, -0.2) is 30.1 Å². The lowest BCUT2D eigenvalue weighted by atomic mass is 9.82. The predicted molar refractivity (Wildman–Crippen MR) is 73.0 cm³/mol. The molecule has 1 rings (SSSR count). The van der Waals surface area contributed by atoms with Crippen molar-refractivity contribution in [1.29, 1.82) is 0 Å². The van der Waals surface area contributed by atoms with Crippen LogP contribution in [0.15, 0.2) is 0 Å². The second-order valence-corrected chi connectivity index (χ2v) is 6.35. The Balaban J connectivity index is 2.34. The van der Waals surface area contributed by atoms with Crippen LogP contribution in [-0.2, 0) is 9.53 Å². The summed E-state index contributed by atoms with van der Waals surface area (Å²) in [6, 6.07) is -0.449. The maximum atomic E-state index is 11.8. The molecular formula is C13H25NO2S. The molecule has 2 N–H and O–H groups in total. The van der Waals surface area contributed by atoms with Crippen LogP contribution < -0.4 is 5.73 Å². The molecule has 2 unspecified atom stereocenters. The normalized spacial score (nSPS) is 30.9. The second kappa shape index (κ2) is 7.27. The van der Waals surface area contributed by atoms with Crippen LogP contribution >= 0.6 is 11.8 Å². The maximum Gasteiger partial charge on any atom is 0.323 e. The summed E-state index contributed by atoms with van der Waals surface area (Å²) in [7, 11) is 0. The molecule has 0 saturated heterocycles. The lowest BCUT2D eigenvalue weighted by Crippen LogP contribution is -2.37. The highest BCUT2D eigenvalue weighted by Gasteiger charge is 2.28. The monoisotopic (exact) mass is 259 g/mol. The zero-order valence-corrected chi connectivity index (χ0v) is 12.0. The predicted octanol–water partition coefficient (Wildman–Crippen LogP) is 2.43. The first kappa shape index (κ1) is 14.8. The number of nitrogens with two attached hydrogens (primary N) is 1. The zero-order valence-electron chi connectivity index (χ0n) is 11.1. The van der Waals surface area contributed by atoms with Crippen molar-refractivity contribution in [2.75, 3.05) is 12.0 Å². The summed E-state index contributed by atoms with van der Waals surface area (Å²) < 4.78 is 5.52. The van der Waals surface area contributed by atoms with Crippen molar-refractivity contribution in [2.45, 2.75) is 51.7 Å². The van der Waals surface area contributed by atoms with E-state index in [4.69, 9.17) is 10.5 Å². The smallest absolute Gasteiger partial charge is 0.323 e. The van der Waals surface area contributed by atoms with Crippen LogP contribution in [0.4, 0.5) is 0 Å². The summed E-state index contributed by atoms with van der Waals surface area (Å²) in [5.74, 6) is 2.00. The van der Waals surface area contributed by atoms with E-state index in [0.717, 1.165) is 18.6 Å². The Labute approximate surface area is 109 Å². The third-order valence-electron chi connectivity index (χ3n) is 3.35. The van der Waals surface area contributed by atoms with Gasteiger partial charge in [0, 0.05) is 0 Å². The summed E-state index contributed by atoms with van der Waals surface area (Å²) in [4.78, 5) is 11.8. The SMILES string of the molecule is CSCC[C@@H](N)C(=O)OC1CC(C)CC(C)C1. The molecule has 1 saturated carbocycles. The second-order valence-electron chi connectivity index (χ2n) is 5.36. The third kappa shape index (κ3) is 5.30. The minimum Gasteiger partial charge on any atom is -0.461 e. The Bertz CT molecular complexity index is 238. The van der Waals surface area contributed by atoms with Gasteiger partial charge in [-0.05, 0) is 49.5 Å². The summed E-state index contributed by atoms with van der Waals surface area (Å²) >= 11 is 1.71. The van der Waals surface area contributed by atoms with E-state index in [2.05, 4.69) is 13.8 Å². The van der Waals surface area contributed by atoms with Gasteiger partial charge in [-0.3, -0.25) is 4.79 Å². The number of thioether (sulfide) groups is 1. The van der Waals surface area contributed by atoms with Crippen LogP contribution in [0.2, 0.25) is 0 Å². The van der Waals surface area contributed by atoms with E-state index in [-0.39, 0.29) is 12.1 Å². The minimum atomic E-state index is -0.449. The van der Waals surface area contributed by atoms with E-state index >= 15 is 0 Å². The van der Waals surface area contributed by atoms with E-state index < -0.39 is 6.04 Å². The number of esters is 1. The molecular weight excluding hydrogens is 234 g/mol. The molecule has 0 spiro atoms. The van der Waals surface area contributed by atoms with E-state index in [1.807, 2.05) is 6.26 Å². The van der Waals surface area contributed by atoms with E-state index in [9.17, 15) is 4.79 Å². The molecule has 1 fully saturated rings. The van der Waals surface area contributed by atoms with Gasteiger partial charge in [0.25, 0.3) is 0 Å². The van der Waals surface area contributed by atoms with E-state index in [0.29, 0.717) is 18.3 Å². The van der Waals surface area contributed by atoms with Gasteiger partial charge in [-0.15, -0.1) is 0 Å². The van der Waals surface area contributed by atoms with Gasteiger partial charge in [0.1, 0.15) is 12.1 Å². The van der Waals surface area contributed by atoms with Crippen LogP contribution in [0.5, 0.6) is 0 Å². The third-order valence-corrected chi connectivity index (χ3v) is 4.00. The molecule has 0 aromatic carbocycles. The van der Waals surface area contributed by atoms with Crippen molar-refractivity contribution < 1.29 is 9.53 Å². The molecule has 1 aliphatic carbocycles. The molecule has 0 amide bonds. The van der Waals surface area contributed by atoms with E-state index in [1.54, 1.807) is 11.8 Å². The summed E-state index contributed by atoms with van der Waals surface area (Å²) in [5, 5.41) is 0. The summed E-state index contributed by atoms with van der Waals surface area (Å²) in [6.07, 6.45) is 6.03. The number of hydrogen-bond donors (Lipinski definition) is 1. The van der Waals surface area contributed by atoms with Gasteiger partial charge in [-0.2, -0.15) is 11.8 Å². The number of carbonyl (C=O) groups excluding carboxylic acids is 1. The van der Waals surface area contributed by atoms with Crippen LogP contribution in [0.1, 0.15) is 39.5 Å². The molecule has 0 radical (unpaired) electrons. The van der Waals surface area contributed by atoms with Crippen molar-refractivity contribution in [3.63, 3.8) is 0 Å². The average Bonchev–Trinajstić information content (AvgIpc) is 2.24. The van der Waals surface area contributed by atoms with Crippen molar-refractivity contribution in [2.24, 2.45) is 17.6 Å². The number of hydrogen-bond acceptors (Lipinski definition) is 4. The van der Waals surface area contributed by atoms with Gasteiger partial charge in [-0.1, -0.05) is 13.8 Å². The Kier molecular flexibility index (Phi) is 6.34. The van der Waals surface area contributed by atoms with Gasteiger partial charge in [0.15, 0.2) is 0 Å². The molecule has 0 aliphatic heterocycles. The Morgan fingerprint density at radius 1 is 1.35 bits per heavy atom. The Hall–Kier alpha value is -0.220. The maximum absolute atomic E-state index is 11.8. The minimum absolute atomic E-state index is 0.0848. The zero-order chi connectivity index (χ0) is 12.8. The molecule has 4 heteroatoms. The highest BCUT2D eigenvalue weighted by atomic mass is 32.2. The fourth-order valence-electron chi connectivity index (χ4n) is 2.58. The fourth-order valence-corrected chi connectivity index (χ4v) is 3.07. The topological polar surface area (TPSA) is 52.3 Å². The highest BCUT2D eigenvalue weighted by Crippen LogP contribution is 2.30. The molecule has 1 aliphatic rings. The number of rotatable bonds is 5. The summed E-state index contributed by atoms with van der Waals surface area (Å²) in [6.45, 7) is 4.45. The van der Waals surface area contributed by atoms with Crippen LogP contribution in [0.3, 0.4) is 0 Å². The Morgan fingerprint density at radius 2 is 1.94 bits per heavy atom. The van der Waals surface area contributed by atoms with Crippen molar-refractivity contribution in [1.82, 2.24) is 0 Å². The van der Waals surface area contributed by atoms with Gasteiger partial charge < -0.3 is 10.5 Å². The van der Waals surface area contributed by atoms with Gasteiger partial charge in [0.2, 0.25) is 0 Å². The van der Waals surface area contributed by atoms with Gasteiger partial charge in [-0.25, -0.2) is 0 Å². The lowest BCUT2D eigenvalue weighted by Gasteiger charge is -2.31. The van der Waals surface area contributed by atoms with Gasteiger partial charge in [0.05, 0.1) is 0 Å². The molecule has 0 heterocycles. The largest absolute Gasteiger partial charge is 0.461 e. The number of ether oxygens (including phenoxy) is 1. The van der Waals surface area contributed by atoms with Gasteiger partial charge >= 0.3 is 5.97 Å². The summed E-state index contributed by atoms with van der Waals surface area (Å²) in [5.41, 5.74) is 5.80. The van der Waals surface area contributed by atoms with Crippen molar-refractivity contribution >= 4 is 17.7 Å². The first-order valence-corrected chi connectivity index (χ1v) is 7.87. The molecule has 0 bridgehead atoms. The molecule has 3 nitrogen and oxygen atoms in total. The average molecular weight is 259 g/mol. The fraction of sp³-hybridized carbons (Fsp3) is 0.923. The molecule has 0 aromatic rings. The quantitative estimate of drug-likeness (QED) is 0.770. The van der Waals surface area contributed by atoms with Crippen LogP contribution in [0, 0.1) is 11.8 Å². The van der Waals surface area contributed by atoms with Crippen molar-refractivity contribution in [3.8, 4) is 0 Å². The van der Waals surface area contributed by atoms with Crippen molar-refractivity contribution in [3.05, 3.63) is 0 Å². The molecule has 100 valence electrons. The van der Waals surface area contributed by atoms with Crippen LogP contribution in [0.25, 0.3) is 0 Å². The number of carbonyl (C=O) groups is 1. The standard InChI is InChI=1S/C13H25NO2S/c1-9-6-10(2)8-11(7-9)16-13(15)12(14)4-5-17-3/h9-12H,4-8,14H2,1-3H3/t9?,10?,11?,12-/m1/s1. The first-order valence-electron chi connectivity index (χ1n) is 6.48. The molecule has 0 aromatic heterocycles. The Morgan fingerprint density at radius 3 is 2.47 bits per heavy atom. The highest BCUT2D eigenvalue weighted by molar-refractivity contribution is 7.98. The molecule has 17 heavy (non-hydrogen) atoms. The van der Waals surface area contributed by atoms with E-state index in [1.165, 1.54) is 6.42 Å². The molecule has 3 atom stereocenters.